The molecule has 0 saturated carbocycles. The van der Waals surface area contributed by atoms with E-state index in [0.29, 0.717) is 0 Å². The number of nitrogens with zero attached hydrogens (tertiary/aromatic N) is 3. The second-order valence-electron chi connectivity index (χ2n) is 15.5. The van der Waals surface area contributed by atoms with Gasteiger partial charge in [0.25, 0.3) is 0 Å². The monoisotopic (exact) mass is 799 g/mol. The summed E-state index contributed by atoms with van der Waals surface area (Å²) in [6.45, 7) is 0. The van der Waals surface area contributed by atoms with E-state index in [4.69, 9.17) is 4.98 Å². The fourth-order valence-electron chi connectivity index (χ4n) is 9.68. The number of aromatic nitrogens is 3. The van der Waals surface area contributed by atoms with Gasteiger partial charge in [0.15, 0.2) is 0 Å². The second kappa shape index (κ2) is 13.9. The van der Waals surface area contributed by atoms with Gasteiger partial charge in [0.1, 0.15) is 0 Å². The Morgan fingerprint density at radius 3 is 1.62 bits per heavy atom. The molecule has 0 amide bonds. The predicted octanol–water partition coefficient (Wildman–Crippen LogP) is 11.5. The maximum Gasteiger partial charge on any atom is 0.201 e. The van der Waals surface area contributed by atoms with Crippen LogP contribution in [0.3, 0.4) is 0 Å². The average molecular weight is 800 g/mol. The van der Waals surface area contributed by atoms with Gasteiger partial charge in [-0.25, -0.2) is 0 Å². The van der Waals surface area contributed by atoms with E-state index in [1.807, 2.05) is 23.6 Å². The maximum absolute atomic E-state index is 5.07. The average Bonchev–Trinajstić information content (AvgIpc) is 3.98. The molecule has 0 unspecified atom stereocenters. The number of thiophene rings is 1. The van der Waals surface area contributed by atoms with Crippen molar-refractivity contribution in [1.29, 1.82) is 0 Å². The fraction of sp³-hybridized carbons (Fsp3) is 0. The predicted molar refractivity (Wildman–Crippen MR) is 257 cm³/mol. The molecule has 0 saturated heterocycles. The lowest BCUT2D eigenvalue weighted by Gasteiger charge is -2.33. The molecule has 0 fully saturated rings. The van der Waals surface area contributed by atoms with E-state index in [1.165, 1.54) is 85.4 Å². The van der Waals surface area contributed by atoms with Crippen LogP contribution >= 0.6 is 11.3 Å². The van der Waals surface area contributed by atoms with E-state index in [-0.39, 0.29) is 0 Å². The number of para-hydroxylation sites is 2. The molecule has 3 nitrogen and oxygen atoms in total. The van der Waals surface area contributed by atoms with Crippen LogP contribution in [0.5, 0.6) is 0 Å². The van der Waals surface area contributed by atoms with Gasteiger partial charge in [-0.05, 0) is 93.4 Å². The first-order valence-corrected chi connectivity index (χ1v) is 23.3. The summed E-state index contributed by atoms with van der Waals surface area (Å²) in [6, 6.07) is 80.1. The Hall–Kier alpha value is -7.31. The Labute approximate surface area is 352 Å². The van der Waals surface area contributed by atoms with Crippen molar-refractivity contribution in [1.82, 2.24) is 14.1 Å². The Kier molecular flexibility index (Phi) is 8.05. The Bertz CT molecular complexity index is 3410. The third-order valence-electron chi connectivity index (χ3n) is 12.3. The van der Waals surface area contributed by atoms with Crippen LogP contribution in [0.15, 0.2) is 225 Å². The quantitative estimate of drug-likeness (QED) is 0.116. The van der Waals surface area contributed by atoms with E-state index in [0.717, 1.165) is 11.0 Å². The molecule has 0 aliphatic carbocycles. The minimum absolute atomic E-state index is 1.13. The summed E-state index contributed by atoms with van der Waals surface area (Å²) in [6.07, 6.45) is 1.94. The Morgan fingerprint density at radius 1 is 0.383 bits per heavy atom. The SMILES string of the molecule is c1ccc([Si](c2ccccc2)(c2ccc(-n3c4ccccc4c4cc(-c5ccc(-n6c7ccccc7c7sc8ccccc8c76)cc5)ccc43)cc2)c2ccccn2)cc1. The van der Waals surface area contributed by atoms with E-state index >= 15 is 0 Å². The molecule has 0 aliphatic heterocycles. The van der Waals surface area contributed by atoms with Crippen molar-refractivity contribution in [2.45, 2.75) is 0 Å². The van der Waals surface area contributed by atoms with Crippen LogP contribution in [0.25, 0.3) is 75.5 Å². The zero-order valence-corrected chi connectivity index (χ0v) is 34.4. The van der Waals surface area contributed by atoms with E-state index in [9.17, 15) is 0 Å². The van der Waals surface area contributed by atoms with Crippen molar-refractivity contribution >= 4 is 93.3 Å². The van der Waals surface area contributed by atoms with Gasteiger partial charge < -0.3 is 9.13 Å². The zero-order chi connectivity index (χ0) is 39.6. The standard InChI is InChI=1S/C55H37N3SSi/c1-3-15-42(16-4-1)60(43-17-5-2-6-18-43,53-25-13-14-36-56-53)44-33-31-40(32-34-44)57-49-22-10-7-19-45(49)48-37-39(28-35-51(48)57)38-26-29-41(30-27-38)58-50-23-11-8-20-46(50)55-54(58)47-21-9-12-24-52(47)59-55/h1-37H. The van der Waals surface area contributed by atoms with Crippen molar-refractivity contribution in [2.24, 2.45) is 0 Å². The zero-order valence-electron chi connectivity index (χ0n) is 32.6. The fourth-order valence-corrected chi connectivity index (χ4v) is 15.5. The Balaban J connectivity index is 0.967. The summed E-state index contributed by atoms with van der Waals surface area (Å²) in [5.74, 6) is 0. The summed E-state index contributed by atoms with van der Waals surface area (Å²) in [7, 11) is -2.74. The van der Waals surface area contributed by atoms with E-state index < -0.39 is 8.07 Å². The highest BCUT2D eigenvalue weighted by Crippen LogP contribution is 2.42. The van der Waals surface area contributed by atoms with Gasteiger partial charge in [0.05, 0.1) is 26.8 Å². The smallest absolute Gasteiger partial charge is 0.201 e. The molecule has 60 heavy (non-hydrogen) atoms. The lowest BCUT2D eigenvalue weighted by Crippen LogP contribution is -2.75. The highest BCUT2D eigenvalue weighted by atomic mass is 32.1. The molecule has 0 spiro atoms. The molecule has 282 valence electrons. The lowest BCUT2D eigenvalue weighted by atomic mass is 10.0. The minimum Gasteiger partial charge on any atom is -0.309 e. The number of fused-ring (bicyclic) bond motifs is 8. The molecule has 0 radical (unpaired) electrons. The minimum atomic E-state index is -2.74. The van der Waals surface area contributed by atoms with Gasteiger partial charge in [-0.15, -0.1) is 11.3 Å². The molecule has 4 heterocycles. The van der Waals surface area contributed by atoms with Crippen LogP contribution in [-0.2, 0) is 0 Å². The molecular formula is C55H37N3SSi. The maximum atomic E-state index is 5.07. The van der Waals surface area contributed by atoms with Crippen LogP contribution in [0.1, 0.15) is 0 Å². The first-order chi connectivity index (χ1) is 29.8. The molecular weight excluding hydrogens is 763 g/mol. The summed E-state index contributed by atoms with van der Waals surface area (Å²) in [5, 5.41) is 10.1. The Morgan fingerprint density at radius 2 is 0.917 bits per heavy atom. The van der Waals surface area contributed by atoms with Gasteiger partial charge >= 0.3 is 0 Å². The van der Waals surface area contributed by atoms with Gasteiger partial charge in [0, 0.05) is 49.1 Å². The normalized spacial score (nSPS) is 12.0. The van der Waals surface area contributed by atoms with Crippen molar-refractivity contribution in [3.8, 4) is 22.5 Å². The van der Waals surface area contributed by atoms with Crippen molar-refractivity contribution < 1.29 is 0 Å². The molecule has 4 aromatic heterocycles. The van der Waals surface area contributed by atoms with Gasteiger partial charge in [-0.1, -0.05) is 152 Å². The number of rotatable bonds is 7. The first kappa shape index (κ1) is 34.7. The van der Waals surface area contributed by atoms with Gasteiger partial charge in [-0.3, -0.25) is 4.98 Å². The summed E-state index contributed by atoms with van der Waals surface area (Å²) in [5.41, 5.74) is 9.62. The second-order valence-corrected chi connectivity index (χ2v) is 20.3. The topological polar surface area (TPSA) is 22.8 Å². The molecule has 0 bridgehead atoms. The summed E-state index contributed by atoms with van der Waals surface area (Å²) in [4.78, 5) is 5.07. The molecule has 5 heteroatoms. The molecule has 0 aliphatic rings. The van der Waals surface area contributed by atoms with Crippen LogP contribution in [0.2, 0.25) is 0 Å². The summed E-state index contributed by atoms with van der Waals surface area (Å²) >= 11 is 1.88. The highest BCUT2D eigenvalue weighted by molar-refractivity contribution is 7.26. The molecule has 12 aromatic rings. The molecule has 8 aromatic carbocycles. The highest BCUT2D eigenvalue weighted by Gasteiger charge is 2.42. The van der Waals surface area contributed by atoms with Crippen LogP contribution < -0.4 is 20.9 Å². The summed E-state index contributed by atoms with van der Waals surface area (Å²) < 4.78 is 7.53. The van der Waals surface area contributed by atoms with Gasteiger partial charge in [-0.2, -0.15) is 0 Å². The van der Waals surface area contributed by atoms with Crippen LogP contribution in [0.4, 0.5) is 0 Å². The third-order valence-corrected chi connectivity index (χ3v) is 18.2. The van der Waals surface area contributed by atoms with Crippen molar-refractivity contribution in [3.63, 3.8) is 0 Å². The largest absolute Gasteiger partial charge is 0.309 e. The number of benzene rings is 8. The van der Waals surface area contributed by atoms with Crippen molar-refractivity contribution in [2.75, 3.05) is 0 Å². The molecule has 0 atom stereocenters. The van der Waals surface area contributed by atoms with Crippen LogP contribution in [0, 0.1) is 0 Å². The molecule has 12 rings (SSSR count). The first-order valence-electron chi connectivity index (χ1n) is 20.5. The number of pyridine rings is 1. The third kappa shape index (κ3) is 5.23. The number of hydrogen-bond acceptors (Lipinski definition) is 2. The van der Waals surface area contributed by atoms with E-state index in [2.05, 4.69) is 221 Å². The van der Waals surface area contributed by atoms with E-state index in [1.54, 1.807) is 0 Å². The van der Waals surface area contributed by atoms with Gasteiger partial charge in [0.2, 0.25) is 8.07 Å². The lowest BCUT2D eigenvalue weighted by molar-refractivity contribution is 1.18. The molecule has 0 N–H and O–H groups in total. The number of hydrogen-bond donors (Lipinski definition) is 0. The van der Waals surface area contributed by atoms with Crippen LogP contribution in [-0.4, -0.2) is 22.2 Å². The van der Waals surface area contributed by atoms with Crippen molar-refractivity contribution in [3.05, 3.63) is 225 Å².